The lowest BCUT2D eigenvalue weighted by Crippen LogP contribution is -2.30. The number of aryl methyl sites for hydroxylation is 1. The van der Waals surface area contributed by atoms with Crippen LogP contribution in [0.2, 0.25) is 0 Å². The van der Waals surface area contributed by atoms with Gasteiger partial charge in [-0.15, -0.1) is 0 Å². The van der Waals surface area contributed by atoms with Crippen molar-refractivity contribution in [2.75, 3.05) is 40.3 Å². The number of fused-ring (bicyclic) bond motifs is 1. The van der Waals surface area contributed by atoms with Gasteiger partial charge in [-0.3, -0.25) is 4.90 Å². The second kappa shape index (κ2) is 5.27. The molecule has 0 bridgehead atoms. The van der Waals surface area contributed by atoms with E-state index < -0.39 is 0 Å². The SMILES string of the molecule is Cc1ccc(CN2C[C@H]3[C@H](CN(C)C)CO[C@H]3C2)o1. The Morgan fingerprint density at radius 1 is 1.32 bits per heavy atom. The predicted octanol–water partition coefficient (Wildman–Crippen LogP) is 1.60. The molecule has 2 aliphatic heterocycles. The molecule has 0 spiro atoms. The fourth-order valence-corrected chi connectivity index (χ4v) is 3.46. The van der Waals surface area contributed by atoms with Crippen molar-refractivity contribution in [3.63, 3.8) is 0 Å². The van der Waals surface area contributed by atoms with Crippen molar-refractivity contribution in [2.45, 2.75) is 19.6 Å². The highest BCUT2D eigenvalue weighted by atomic mass is 16.5. The van der Waals surface area contributed by atoms with Crippen molar-refractivity contribution >= 4 is 0 Å². The molecule has 2 saturated heterocycles. The molecule has 3 heterocycles. The molecule has 4 nitrogen and oxygen atoms in total. The van der Waals surface area contributed by atoms with Crippen molar-refractivity contribution in [3.8, 4) is 0 Å². The van der Waals surface area contributed by atoms with Crippen LogP contribution in [0, 0.1) is 18.8 Å². The molecule has 1 aromatic rings. The van der Waals surface area contributed by atoms with Crippen LogP contribution in [0.15, 0.2) is 16.5 Å². The molecule has 0 aromatic carbocycles. The highest BCUT2D eigenvalue weighted by Crippen LogP contribution is 2.34. The van der Waals surface area contributed by atoms with Crippen LogP contribution in [0.1, 0.15) is 11.5 Å². The highest BCUT2D eigenvalue weighted by Gasteiger charge is 2.43. The maximum atomic E-state index is 5.96. The van der Waals surface area contributed by atoms with E-state index in [1.54, 1.807) is 0 Å². The van der Waals surface area contributed by atoms with Gasteiger partial charge in [0.15, 0.2) is 0 Å². The van der Waals surface area contributed by atoms with Crippen LogP contribution in [0.4, 0.5) is 0 Å². The van der Waals surface area contributed by atoms with Crippen molar-refractivity contribution in [2.24, 2.45) is 11.8 Å². The minimum absolute atomic E-state index is 0.431. The quantitative estimate of drug-likeness (QED) is 0.826. The first-order chi connectivity index (χ1) is 9.11. The molecule has 4 heteroatoms. The summed E-state index contributed by atoms with van der Waals surface area (Å²) >= 11 is 0. The minimum Gasteiger partial charge on any atom is -0.465 e. The molecule has 2 aliphatic rings. The van der Waals surface area contributed by atoms with Gasteiger partial charge in [-0.25, -0.2) is 0 Å². The van der Waals surface area contributed by atoms with Crippen LogP contribution in [0.25, 0.3) is 0 Å². The third-order valence-electron chi connectivity index (χ3n) is 4.29. The molecule has 0 N–H and O–H groups in total. The van der Waals surface area contributed by atoms with E-state index in [0.29, 0.717) is 17.9 Å². The first-order valence-corrected chi connectivity index (χ1v) is 7.16. The zero-order chi connectivity index (χ0) is 13.4. The summed E-state index contributed by atoms with van der Waals surface area (Å²) in [5.74, 6) is 3.44. The van der Waals surface area contributed by atoms with Gasteiger partial charge in [-0.2, -0.15) is 0 Å². The van der Waals surface area contributed by atoms with E-state index in [0.717, 1.165) is 44.3 Å². The first-order valence-electron chi connectivity index (χ1n) is 7.16. The van der Waals surface area contributed by atoms with Crippen LogP contribution in [0.3, 0.4) is 0 Å². The maximum Gasteiger partial charge on any atom is 0.118 e. The number of likely N-dealkylation sites (tertiary alicyclic amines) is 1. The van der Waals surface area contributed by atoms with E-state index in [-0.39, 0.29) is 0 Å². The van der Waals surface area contributed by atoms with Crippen molar-refractivity contribution in [1.82, 2.24) is 9.80 Å². The number of ether oxygens (including phenoxy) is 1. The Bertz CT molecular complexity index is 430. The van der Waals surface area contributed by atoms with Crippen LogP contribution in [0.5, 0.6) is 0 Å². The number of hydrogen-bond acceptors (Lipinski definition) is 4. The van der Waals surface area contributed by atoms with E-state index in [1.165, 1.54) is 0 Å². The van der Waals surface area contributed by atoms with Gasteiger partial charge < -0.3 is 14.1 Å². The molecule has 0 saturated carbocycles. The molecule has 0 aliphatic carbocycles. The molecule has 0 radical (unpaired) electrons. The normalized spacial score (nSPS) is 31.3. The Kier molecular flexibility index (Phi) is 3.65. The molecule has 3 rings (SSSR count). The van der Waals surface area contributed by atoms with Gasteiger partial charge in [0.1, 0.15) is 11.5 Å². The minimum atomic E-state index is 0.431. The molecule has 3 atom stereocenters. The first kappa shape index (κ1) is 13.2. The van der Waals surface area contributed by atoms with Gasteiger partial charge in [0.2, 0.25) is 0 Å². The largest absolute Gasteiger partial charge is 0.465 e. The van der Waals surface area contributed by atoms with Gasteiger partial charge in [0.05, 0.1) is 19.3 Å². The number of nitrogens with zero attached hydrogens (tertiary/aromatic N) is 2. The molecule has 106 valence electrons. The Balaban J connectivity index is 1.58. The lowest BCUT2D eigenvalue weighted by Gasteiger charge is -2.21. The lowest BCUT2D eigenvalue weighted by atomic mass is 9.93. The van der Waals surface area contributed by atoms with Crippen LogP contribution in [-0.4, -0.2) is 56.2 Å². The summed E-state index contributed by atoms with van der Waals surface area (Å²) in [6.07, 6.45) is 0.431. The Hall–Kier alpha value is -0.840. The number of hydrogen-bond donors (Lipinski definition) is 0. The van der Waals surface area contributed by atoms with Gasteiger partial charge in [0.25, 0.3) is 0 Å². The molecule has 0 unspecified atom stereocenters. The topological polar surface area (TPSA) is 28.9 Å². The fourth-order valence-electron chi connectivity index (χ4n) is 3.46. The zero-order valence-corrected chi connectivity index (χ0v) is 12.1. The monoisotopic (exact) mass is 264 g/mol. The smallest absolute Gasteiger partial charge is 0.118 e. The van der Waals surface area contributed by atoms with Gasteiger partial charge in [0, 0.05) is 31.5 Å². The summed E-state index contributed by atoms with van der Waals surface area (Å²) in [5.41, 5.74) is 0. The fraction of sp³-hybridized carbons (Fsp3) is 0.733. The van der Waals surface area contributed by atoms with Crippen molar-refractivity contribution in [3.05, 3.63) is 23.7 Å². The summed E-state index contributed by atoms with van der Waals surface area (Å²) in [7, 11) is 4.29. The average Bonchev–Trinajstić information content (AvgIpc) is 2.98. The third kappa shape index (κ3) is 2.86. The third-order valence-corrected chi connectivity index (χ3v) is 4.29. The Labute approximate surface area is 115 Å². The van der Waals surface area contributed by atoms with Gasteiger partial charge in [-0.1, -0.05) is 0 Å². The van der Waals surface area contributed by atoms with Crippen molar-refractivity contribution in [1.29, 1.82) is 0 Å². The van der Waals surface area contributed by atoms with Crippen LogP contribution >= 0.6 is 0 Å². The second-order valence-electron chi connectivity index (χ2n) is 6.26. The van der Waals surface area contributed by atoms with E-state index in [9.17, 15) is 0 Å². The molecular weight excluding hydrogens is 240 g/mol. The predicted molar refractivity (Wildman–Crippen MR) is 74.0 cm³/mol. The van der Waals surface area contributed by atoms with Crippen molar-refractivity contribution < 1.29 is 9.15 Å². The van der Waals surface area contributed by atoms with E-state index in [2.05, 4.69) is 30.0 Å². The van der Waals surface area contributed by atoms with Crippen LogP contribution < -0.4 is 0 Å². The molecule has 1 aromatic heterocycles. The number of rotatable bonds is 4. The average molecular weight is 264 g/mol. The van der Waals surface area contributed by atoms with E-state index in [1.807, 2.05) is 13.0 Å². The lowest BCUT2D eigenvalue weighted by molar-refractivity contribution is 0.0909. The number of furan rings is 1. The zero-order valence-electron chi connectivity index (χ0n) is 12.1. The van der Waals surface area contributed by atoms with Gasteiger partial charge in [-0.05, 0) is 33.2 Å². The standard InChI is InChI=1S/C15H24N2O2/c1-11-4-5-13(19-11)7-17-8-14-12(6-16(2)3)10-18-15(14)9-17/h4-5,12,14-15H,6-10H2,1-3H3/t12-,14+,15+/m1/s1. The summed E-state index contributed by atoms with van der Waals surface area (Å²) < 4.78 is 11.6. The molecular formula is C15H24N2O2. The molecule has 2 fully saturated rings. The Morgan fingerprint density at radius 2 is 2.16 bits per heavy atom. The van der Waals surface area contributed by atoms with Crippen LogP contribution in [-0.2, 0) is 11.3 Å². The van der Waals surface area contributed by atoms with Gasteiger partial charge >= 0.3 is 0 Å². The maximum absolute atomic E-state index is 5.96. The second-order valence-corrected chi connectivity index (χ2v) is 6.26. The molecule has 19 heavy (non-hydrogen) atoms. The Morgan fingerprint density at radius 3 is 2.84 bits per heavy atom. The molecule has 0 amide bonds. The summed E-state index contributed by atoms with van der Waals surface area (Å²) in [4.78, 5) is 4.74. The highest BCUT2D eigenvalue weighted by molar-refractivity contribution is 5.06. The summed E-state index contributed by atoms with van der Waals surface area (Å²) in [6, 6.07) is 4.12. The summed E-state index contributed by atoms with van der Waals surface area (Å²) in [6.45, 7) is 7.17. The van der Waals surface area contributed by atoms with E-state index >= 15 is 0 Å². The summed E-state index contributed by atoms with van der Waals surface area (Å²) in [5, 5.41) is 0. The van der Waals surface area contributed by atoms with E-state index in [4.69, 9.17) is 9.15 Å².